The SMILES string of the molecule is CCCc1ccc2scnc2c1. The number of fused-ring (bicyclic) bond motifs is 1. The van der Waals surface area contributed by atoms with Crippen molar-refractivity contribution in [3.63, 3.8) is 0 Å². The van der Waals surface area contributed by atoms with Crippen molar-refractivity contribution < 1.29 is 0 Å². The van der Waals surface area contributed by atoms with Crippen LogP contribution in [0.4, 0.5) is 0 Å². The molecule has 0 aliphatic rings. The highest BCUT2D eigenvalue weighted by Gasteiger charge is 1.97. The molecule has 0 unspecified atom stereocenters. The van der Waals surface area contributed by atoms with Crippen LogP contribution in [0.5, 0.6) is 0 Å². The Hall–Kier alpha value is -0.890. The molecular weight excluding hydrogens is 166 g/mol. The number of aromatic nitrogens is 1. The standard InChI is InChI=1S/C10H11NS/c1-2-3-8-4-5-10-9(6-8)11-7-12-10/h4-7H,2-3H2,1H3. The van der Waals surface area contributed by atoms with Gasteiger partial charge in [-0.2, -0.15) is 0 Å². The van der Waals surface area contributed by atoms with E-state index in [-0.39, 0.29) is 0 Å². The molecule has 0 saturated carbocycles. The fourth-order valence-corrected chi connectivity index (χ4v) is 2.01. The summed E-state index contributed by atoms with van der Waals surface area (Å²) in [6.07, 6.45) is 2.36. The first-order valence-electron chi connectivity index (χ1n) is 4.22. The lowest BCUT2D eigenvalue weighted by Crippen LogP contribution is -1.81. The highest BCUT2D eigenvalue weighted by molar-refractivity contribution is 7.16. The fourth-order valence-electron chi connectivity index (χ4n) is 1.35. The quantitative estimate of drug-likeness (QED) is 0.686. The van der Waals surface area contributed by atoms with Crippen LogP contribution in [-0.2, 0) is 6.42 Å². The first-order chi connectivity index (χ1) is 5.90. The molecule has 1 heterocycles. The molecule has 1 aromatic carbocycles. The van der Waals surface area contributed by atoms with Crippen LogP contribution >= 0.6 is 11.3 Å². The second-order valence-corrected chi connectivity index (χ2v) is 3.79. The summed E-state index contributed by atoms with van der Waals surface area (Å²) in [5.41, 5.74) is 4.45. The molecule has 2 heteroatoms. The minimum atomic E-state index is 1.14. The van der Waals surface area contributed by atoms with Gasteiger partial charge in [-0.05, 0) is 24.1 Å². The average Bonchev–Trinajstić information content (AvgIpc) is 2.51. The predicted octanol–water partition coefficient (Wildman–Crippen LogP) is 3.25. The molecule has 2 aromatic rings. The molecule has 0 saturated heterocycles. The van der Waals surface area contributed by atoms with E-state index in [1.807, 2.05) is 5.51 Å². The van der Waals surface area contributed by atoms with Crippen molar-refractivity contribution in [3.05, 3.63) is 29.3 Å². The summed E-state index contributed by atoms with van der Waals surface area (Å²) in [4.78, 5) is 4.28. The van der Waals surface area contributed by atoms with Crippen LogP contribution in [0, 0.1) is 0 Å². The van der Waals surface area contributed by atoms with E-state index in [1.165, 1.54) is 16.7 Å². The highest BCUT2D eigenvalue weighted by atomic mass is 32.1. The second kappa shape index (κ2) is 3.23. The van der Waals surface area contributed by atoms with Gasteiger partial charge in [0.05, 0.1) is 15.7 Å². The number of hydrogen-bond acceptors (Lipinski definition) is 2. The molecule has 1 nitrogen and oxygen atoms in total. The summed E-state index contributed by atoms with van der Waals surface area (Å²) in [5.74, 6) is 0. The highest BCUT2D eigenvalue weighted by Crippen LogP contribution is 2.19. The Bertz CT molecular complexity index is 378. The van der Waals surface area contributed by atoms with E-state index in [2.05, 4.69) is 30.1 Å². The Balaban J connectivity index is 2.46. The summed E-state index contributed by atoms with van der Waals surface area (Å²) in [5, 5.41) is 0. The molecule has 2 rings (SSSR count). The Labute approximate surface area is 76.1 Å². The third-order valence-corrected chi connectivity index (χ3v) is 2.74. The van der Waals surface area contributed by atoms with Gasteiger partial charge >= 0.3 is 0 Å². The van der Waals surface area contributed by atoms with Gasteiger partial charge in [0.2, 0.25) is 0 Å². The molecule has 12 heavy (non-hydrogen) atoms. The molecule has 62 valence electrons. The van der Waals surface area contributed by atoms with E-state index in [4.69, 9.17) is 0 Å². The van der Waals surface area contributed by atoms with E-state index in [0.717, 1.165) is 11.9 Å². The Kier molecular flexibility index (Phi) is 2.09. The van der Waals surface area contributed by atoms with E-state index in [0.29, 0.717) is 0 Å². The lowest BCUT2D eigenvalue weighted by atomic mass is 10.1. The minimum absolute atomic E-state index is 1.14. The van der Waals surface area contributed by atoms with Gasteiger partial charge in [0.15, 0.2) is 0 Å². The topological polar surface area (TPSA) is 12.9 Å². The van der Waals surface area contributed by atoms with Gasteiger partial charge in [-0.15, -0.1) is 11.3 Å². The molecule has 1 aromatic heterocycles. The summed E-state index contributed by atoms with van der Waals surface area (Å²) in [7, 11) is 0. The Morgan fingerprint density at radius 3 is 3.17 bits per heavy atom. The monoisotopic (exact) mass is 177 g/mol. The molecule has 0 radical (unpaired) electrons. The predicted molar refractivity (Wildman–Crippen MR) is 53.6 cm³/mol. The van der Waals surface area contributed by atoms with Crippen molar-refractivity contribution in [2.45, 2.75) is 19.8 Å². The molecule has 0 fully saturated rings. The minimum Gasteiger partial charge on any atom is -0.245 e. The van der Waals surface area contributed by atoms with Crippen molar-refractivity contribution in [2.24, 2.45) is 0 Å². The molecule has 0 aliphatic carbocycles. The number of rotatable bonds is 2. The van der Waals surface area contributed by atoms with E-state index in [1.54, 1.807) is 11.3 Å². The normalized spacial score (nSPS) is 10.8. The van der Waals surface area contributed by atoms with Gasteiger partial charge in [0, 0.05) is 0 Å². The van der Waals surface area contributed by atoms with Crippen LogP contribution in [0.3, 0.4) is 0 Å². The van der Waals surface area contributed by atoms with Crippen LogP contribution in [0.1, 0.15) is 18.9 Å². The smallest absolute Gasteiger partial charge is 0.0814 e. The van der Waals surface area contributed by atoms with Crippen LogP contribution < -0.4 is 0 Å². The van der Waals surface area contributed by atoms with Gasteiger partial charge < -0.3 is 0 Å². The third-order valence-electron chi connectivity index (χ3n) is 1.93. The van der Waals surface area contributed by atoms with Gasteiger partial charge in [0.1, 0.15) is 0 Å². The van der Waals surface area contributed by atoms with Crippen LogP contribution in [0.15, 0.2) is 23.7 Å². The average molecular weight is 177 g/mol. The zero-order valence-electron chi connectivity index (χ0n) is 7.08. The van der Waals surface area contributed by atoms with Gasteiger partial charge in [-0.3, -0.25) is 0 Å². The number of thiazole rings is 1. The summed E-state index contributed by atoms with van der Waals surface area (Å²) in [6.45, 7) is 2.20. The number of hydrogen-bond donors (Lipinski definition) is 0. The summed E-state index contributed by atoms with van der Waals surface area (Å²) in [6, 6.07) is 6.55. The summed E-state index contributed by atoms with van der Waals surface area (Å²) < 4.78 is 1.29. The number of nitrogens with zero attached hydrogens (tertiary/aromatic N) is 1. The van der Waals surface area contributed by atoms with Crippen LogP contribution in [0.2, 0.25) is 0 Å². The molecule has 0 spiro atoms. The van der Waals surface area contributed by atoms with Gasteiger partial charge in [-0.25, -0.2) is 4.98 Å². The van der Waals surface area contributed by atoms with Crippen molar-refractivity contribution in [2.75, 3.05) is 0 Å². The zero-order valence-corrected chi connectivity index (χ0v) is 7.90. The van der Waals surface area contributed by atoms with Crippen molar-refractivity contribution in [1.82, 2.24) is 4.98 Å². The maximum absolute atomic E-state index is 4.28. The van der Waals surface area contributed by atoms with Crippen molar-refractivity contribution >= 4 is 21.6 Å². The fraction of sp³-hybridized carbons (Fsp3) is 0.300. The maximum atomic E-state index is 4.28. The molecule has 0 N–H and O–H groups in total. The van der Waals surface area contributed by atoms with E-state index in [9.17, 15) is 0 Å². The first kappa shape index (κ1) is 7.74. The van der Waals surface area contributed by atoms with Crippen molar-refractivity contribution in [3.8, 4) is 0 Å². The van der Waals surface area contributed by atoms with E-state index >= 15 is 0 Å². The second-order valence-electron chi connectivity index (χ2n) is 2.90. The molecular formula is C10H11NS. The Morgan fingerprint density at radius 1 is 1.42 bits per heavy atom. The maximum Gasteiger partial charge on any atom is 0.0814 e. The summed E-state index contributed by atoms with van der Waals surface area (Å²) >= 11 is 1.70. The van der Waals surface area contributed by atoms with Gasteiger partial charge in [0.25, 0.3) is 0 Å². The molecule has 0 atom stereocenters. The van der Waals surface area contributed by atoms with Crippen LogP contribution in [-0.4, -0.2) is 4.98 Å². The first-order valence-corrected chi connectivity index (χ1v) is 5.10. The molecule has 0 bridgehead atoms. The Morgan fingerprint density at radius 2 is 2.33 bits per heavy atom. The lowest BCUT2D eigenvalue weighted by Gasteiger charge is -1.96. The zero-order chi connectivity index (χ0) is 8.39. The third kappa shape index (κ3) is 1.34. The number of aryl methyl sites for hydroxylation is 1. The number of benzene rings is 1. The van der Waals surface area contributed by atoms with Crippen LogP contribution in [0.25, 0.3) is 10.2 Å². The molecule has 0 amide bonds. The van der Waals surface area contributed by atoms with Gasteiger partial charge in [-0.1, -0.05) is 19.4 Å². The largest absolute Gasteiger partial charge is 0.245 e. The van der Waals surface area contributed by atoms with Crippen molar-refractivity contribution in [1.29, 1.82) is 0 Å². The molecule has 0 aliphatic heterocycles. The van der Waals surface area contributed by atoms with E-state index < -0.39 is 0 Å². The lowest BCUT2D eigenvalue weighted by molar-refractivity contribution is 0.923.